The van der Waals surface area contributed by atoms with Gasteiger partial charge in [0.1, 0.15) is 11.7 Å². The molecule has 1 aliphatic rings. The molecule has 5 nitrogen and oxygen atoms in total. The summed E-state index contributed by atoms with van der Waals surface area (Å²) < 4.78 is 0. The summed E-state index contributed by atoms with van der Waals surface area (Å²) in [5.41, 5.74) is 13.7. The maximum atomic E-state index is 7.24. The minimum absolute atomic E-state index is 0.361. The summed E-state index contributed by atoms with van der Waals surface area (Å²) in [5.74, 6) is 1.66. The van der Waals surface area contributed by atoms with Gasteiger partial charge in [-0.3, -0.25) is 0 Å². The van der Waals surface area contributed by atoms with Gasteiger partial charge in [0, 0.05) is 35.0 Å². The lowest BCUT2D eigenvalue weighted by Crippen LogP contribution is -2.27. The molecule has 3 N–H and O–H groups in total. The highest BCUT2D eigenvalue weighted by Gasteiger charge is 2.21. The number of nitrogens with two attached hydrogens (primary N) is 1. The van der Waals surface area contributed by atoms with E-state index in [0.717, 1.165) is 71.5 Å². The molecule has 1 aliphatic heterocycles. The van der Waals surface area contributed by atoms with E-state index in [9.17, 15) is 0 Å². The number of benzene rings is 9. The van der Waals surface area contributed by atoms with Gasteiger partial charge in [0.25, 0.3) is 0 Å². The summed E-state index contributed by atoms with van der Waals surface area (Å²) in [6.45, 7) is 5.23. The Hall–Kier alpha value is -7.63. The number of amidine groups is 3. The summed E-state index contributed by atoms with van der Waals surface area (Å²) in [6, 6.07) is 59.1. The fourth-order valence-electron chi connectivity index (χ4n) is 8.19. The van der Waals surface area contributed by atoms with Crippen molar-refractivity contribution in [2.45, 2.75) is 0 Å². The van der Waals surface area contributed by atoms with Crippen LogP contribution >= 0.6 is 0 Å². The van der Waals surface area contributed by atoms with Crippen molar-refractivity contribution in [3.63, 3.8) is 0 Å². The summed E-state index contributed by atoms with van der Waals surface area (Å²) in [4.78, 5) is 15.2. The summed E-state index contributed by atoms with van der Waals surface area (Å²) in [5, 5.41) is 14.6. The normalized spacial score (nSPS) is 13.4. The largest absolute Gasteiger partial charge is 0.383 e. The molecular formula is C52H37N5. The summed E-state index contributed by atoms with van der Waals surface area (Å²) in [6.07, 6.45) is 3.88. The van der Waals surface area contributed by atoms with Crippen LogP contribution in [0.1, 0.15) is 22.3 Å². The molecule has 0 saturated carbocycles. The third kappa shape index (κ3) is 6.12. The molecule has 0 fully saturated rings. The van der Waals surface area contributed by atoms with Crippen LogP contribution in [-0.4, -0.2) is 24.1 Å². The van der Waals surface area contributed by atoms with Gasteiger partial charge < -0.3 is 11.1 Å². The molecule has 0 aliphatic carbocycles. The van der Waals surface area contributed by atoms with Crippen LogP contribution in [-0.2, 0) is 0 Å². The smallest absolute Gasteiger partial charge is 0.162 e. The molecule has 0 saturated heterocycles. The predicted octanol–water partition coefficient (Wildman–Crippen LogP) is 11.8. The topological polar surface area (TPSA) is 75.1 Å². The monoisotopic (exact) mass is 731 g/mol. The zero-order valence-electron chi connectivity index (χ0n) is 31.2. The first-order valence-electron chi connectivity index (χ1n) is 19.1. The molecule has 0 atom stereocenters. The lowest BCUT2D eigenvalue weighted by molar-refractivity contribution is 1.01. The summed E-state index contributed by atoms with van der Waals surface area (Å²) in [7, 11) is 0. The standard InChI is InChI=1S/C52H37N5/c1-33(40-22-12-23-41-42(40)26-25-39-30-36-18-8-9-19-37(36)31-46(39)41)56-51(35-16-6-3-7-17-35)57-50(53)48-43-20-10-11-21-44(43)49(52-54-28-13-29-55-52)47-32-38(24-27-45(47)48)34-14-4-2-5-15-34/h2-28,30-32H,1,29H2,(H,54,55)(H2,53,56,57). The second-order valence-corrected chi connectivity index (χ2v) is 14.3. The van der Waals surface area contributed by atoms with Crippen LogP contribution in [0.3, 0.4) is 0 Å². The quantitative estimate of drug-likeness (QED) is 0.0773. The molecule has 10 rings (SSSR count). The van der Waals surface area contributed by atoms with E-state index in [0.29, 0.717) is 23.9 Å². The average molecular weight is 732 g/mol. The van der Waals surface area contributed by atoms with E-state index in [1.54, 1.807) is 0 Å². The van der Waals surface area contributed by atoms with Crippen LogP contribution < -0.4 is 11.1 Å². The van der Waals surface area contributed by atoms with Gasteiger partial charge in [-0.1, -0.05) is 158 Å². The zero-order valence-corrected chi connectivity index (χ0v) is 31.2. The van der Waals surface area contributed by atoms with Gasteiger partial charge in [-0.15, -0.1) is 0 Å². The van der Waals surface area contributed by atoms with Gasteiger partial charge in [0.2, 0.25) is 0 Å². The molecule has 0 radical (unpaired) electrons. The van der Waals surface area contributed by atoms with Crippen LogP contribution in [0.4, 0.5) is 0 Å². The van der Waals surface area contributed by atoms with Crippen LogP contribution in [0.15, 0.2) is 204 Å². The highest BCUT2D eigenvalue weighted by molar-refractivity contribution is 6.29. The van der Waals surface area contributed by atoms with Crippen molar-refractivity contribution in [2.75, 3.05) is 6.54 Å². The minimum Gasteiger partial charge on any atom is -0.383 e. The molecular weight excluding hydrogens is 695 g/mol. The Morgan fingerprint density at radius 3 is 2.02 bits per heavy atom. The van der Waals surface area contributed by atoms with Gasteiger partial charge in [-0.05, 0) is 89.3 Å². The highest BCUT2D eigenvalue weighted by Crippen LogP contribution is 2.37. The number of nitrogens with one attached hydrogen (secondary N) is 1. The molecule has 5 heteroatoms. The Kier molecular flexibility index (Phi) is 8.46. The molecule has 9 aromatic carbocycles. The van der Waals surface area contributed by atoms with Crippen molar-refractivity contribution in [3.8, 4) is 11.1 Å². The van der Waals surface area contributed by atoms with E-state index in [2.05, 4.69) is 139 Å². The molecule has 9 aromatic rings. The van der Waals surface area contributed by atoms with Crippen molar-refractivity contribution < 1.29 is 0 Å². The molecule has 0 spiro atoms. The van der Waals surface area contributed by atoms with Gasteiger partial charge in [0.15, 0.2) is 5.84 Å². The molecule has 270 valence electrons. The zero-order chi connectivity index (χ0) is 38.3. The Balaban J connectivity index is 1.17. The van der Waals surface area contributed by atoms with Crippen LogP contribution in [0.25, 0.3) is 70.7 Å². The van der Waals surface area contributed by atoms with Gasteiger partial charge in [-0.2, -0.15) is 0 Å². The predicted molar refractivity (Wildman–Crippen MR) is 242 cm³/mol. The lowest BCUT2D eigenvalue weighted by atomic mass is 9.88. The average Bonchev–Trinajstić information content (AvgIpc) is 3.27. The van der Waals surface area contributed by atoms with Crippen LogP contribution in [0.5, 0.6) is 0 Å². The molecule has 0 unspecified atom stereocenters. The van der Waals surface area contributed by atoms with E-state index in [-0.39, 0.29) is 0 Å². The number of aliphatic imine (C=N–C) groups is 3. The number of rotatable bonds is 6. The first-order valence-corrected chi connectivity index (χ1v) is 19.1. The first-order chi connectivity index (χ1) is 28.1. The SMILES string of the molecule is C=C(/N=C(\N=C(/N)c1c2ccccc2c(C2=NC=CCN2)c2cc(-c3ccccc3)ccc12)c1ccccc1)c1cccc2c1ccc1cc3ccccc3cc12. The van der Waals surface area contributed by atoms with Gasteiger partial charge in [0.05, 0.1) is 5.70 Å². The number of hydrogen-bond acceptors (Lipinski definition) is 3. The first kappa shape index (κ1) is 33.9. The van der Waals surface area contributed by atoms with Crippen molar-refractivity contribution >= 4 is 77.1 Å². The second-order valence-electron chi connectivity index (χ2n) is 14.3. The molecule has 1 heterocycles. The lowest BCUT2D eigenvalue weighted by Gasteiger charge is -2.20. The molecule has 0 amide bonds. The van der Waals surface area contributed by atoms with E-state index in [1.807, 2.05) is 54.7 Å². The van der Waals surface area contributed by atoms with Crippen LogP contribution in [0, 0.1) is 0 Å². The second kappa shape index (κ2) is 14.2. The van der Waals surface area contributed by atoms with Crippen LogP contribution in [0.2, 0.25) is 0 Å². The van der Waals surface area contributed by atoms with Crippen molar-refractivity contribution in [1.29, 1.82) is 0 Å². The fourth-order valence-corrected chi connectivity index (χ4v) is 8.19. The van der Waals surface area contributed by atoms with E-state index in [4.69, 9.17) is 20.7 Å². The van der Waals surface area contributed by atoms with Gasteiger partial charge in [-0.25, -0.2) is 15.0 Å². The Labute approximate surface area is 330 Å². The number of nitrogens with zero attached hydrogens (tertiary/aromatic N) is 3. The third-order valence-electron chi connectivity index (χ3n) is 10.9. The number of fused-ring (bicyclic) bond motifs is 6. The molecule has 57 heavy (non-hydrogen) atoms. The van der Waals surface area contributed by atoms with Crippen molar-refractivity contribution in [1.82, 2.24) is 5.32 Å². The van der Waals surface area contributed by atoms with E-state index >= 15 is 0 Å². The van der Waals surface area contributed by atoms with Crippen molar-refractivity contribution in [3.05, 3.63) is 211 Å². The fraction of sp³-hybridized carbons (Fsp3) is 0.0192. The maximum absolute atomic E-state index is 7.24. The minimum atomic E-state index is 0.361. The Morgan fingerprint density at radius 2 is 1.23 bits per heavy atom. The summed E-state index contributed by atoms with van der Waals surface area (Å²) >= 11 is 0. The maximum Gasteiger partial charge on any atom is 0.162 e. The molecule has 0 aromatic heterocycles. The third-order valence-corrected chi connectivity index (χ3v) is 10.9. The van der Waals surface area contributed by atoms with E-state index < -0.39 is 0 Å². The highest BCUT2D eigenvalue weighted by atomic mass is 15.0. The molecule has 0 bridgehead atoms. The van der Waals surface area contributed by atoms with Crippen molar-refractivity contribution in [2.24, 2.45) is 20.7 Å². The Bertz CT molecular complexity index is 3190. The van der Waals surface area contributed by atoms with Gasteiger partial charge >= 0.3 is 0 Å². The van der Waals surface area contributed by atoms with E-state index in [1.165, 1.54) is 21.5 Å². The Morgan fingerprint density at radius 1 is 0.544 bits per heavy atom. The number of hydrogen-bond donors (Lipinski definition) is 2.